The van der Waals surface area contributed by atoms with Gasteiger partial charge in [-0.1, -0.05) is 18.2 Å². The van der Waals surface area contributed by atoms with E-state index in [1.807, 2.05) is 0 Å². The van der Waals surface area contributed by atoms with Gasteiger partial charge >= 0.3 is 5.97 Å². The second-order valence-corrected chi connectivity index (χ2v) is 5.28. The molecule has 3 aromatic rings. The number of aromatic nitrogens is 2. The van der Waals surface area contributed by atoms with Crippen LogP contribution in [0.2, 0.25) is 0 Å². The second kappa shape index (κ2) is 6.45. The summed E-state index contributed by atoms with van der Waals surface area (Å²) in [6, 6.07) is 13.2. The Bertz CT molecular complexity index is 974. The molecule has 0 spiro atoms. The van der Waals surface area contributed by atoms with Crippen LogP contribution in [0, 0.1) is 0 Å². The van der Waals surface area contributed by atoms with Crippen molar-refractivity contribution in [3.8, 4) is 5.75 Å². The number of hydrogen-bond donors (Lipinski definition) is 1. The molecule has 0 saturated carbocycles. The minimum absolute atomic E-state index is 0.0585. The van der Waals surface area contributed by atoms with Crippen molar-refractivity contribution in [2.45, 2.75) is 13.3 Å². The quantitative estimate of drug-likeness (QED) is 0.452. The standard InChI is InChI=1S/C18H14N2O4/c1-11(21)12-6-8-13(9-7-12)24-17(22)10-16-14-4-2-3-5-15(14)18(23)20-19-16/h2-9H,10H2,1H3,(H,20,23). The molecule has 0 aliphatic rings. The molecular formula is C18H14N2O4. The van der Waals surface area contributed by atoms with E-state index in [1.165, 1.54) is 6.92 Å². The first kappa shape index (κ1) is 15.6. The first-order valence-electron chi connectivity index (χ1n) is 7.32. The van der Waals surface area contributed by atoms with Crippen molar-refractivity contribution in [1.82, 2.24) is 10.2 Å². The summed E-state index contributed by atoms with van der Waals surface area (Å²) in [6.07, 6.45) is -0.0776. The lowest BCUT2D eigenvalue weighted by Gasteiger charge is -2.06. The average Bonchev–Trinajstić information content (AvgIpc) is 2.58. The van der Waals surface area contributed by atoms with E-state index in [2.05, 4.69) is 10.2 Å². The number of ether oxygens (including phenoxy) is 1. The van der Waals surface area contributed by atoms with Crippen molar-refractivity contribution < 1.29 is 14.3 Å². The molecule has 2 aromatic carbocycles. The Labute approximate surface area is 137 Å². The molecule has 0 radical (unpaired) electrons. The number of ketones is 1. The highest BCUT2D eigenvalue weighted by Gasteiger charge is 2.12. The van der Waals surface area contributed by atoms with Crippen LogP contribution < -0.4 is 10.3 Å². The minimum Gasteiger partial charge on any atom is -0.426 e. The van der Waals surface area contributed by atoms with Crippen LogP contribution in [0.4, 0.5) is 0 Å². The number of hydrogen-bond acceptors (Lipinski definition) is 5. The number of nitrogens with one attached hydrogen (secondary N) is 1. The molecule has 1 N–H and O–H groups in total. The van der Waals surface area contributed by atoms with Crippen LogP contribution >= 0.6 is 0 Å². The summed E-state index contributed by atoms with van der Waals surface area (Å²) in [4.78, 5) is 35.1. The van der Waals surface area contributed by atoms with Gasteiger partial charge in [-0.25, -0.2) is 5.10 Å². The van der Waals surface area contributed by atoms with E-state index in [0.717, 1.165) is 0 Å². The van der Waals surface area contributed by atoms with Gasteiger partial charge in [0.25, 0.3) is 5.56 Å². The van der Waals surface area contributed by atoms with E-state index >= 15 is 0 Å². The largest absolute Gasteiger partial charge is 0.426 e. The average molecular weight is 322 g/mol. The summed E-state index contributed by atoms with van der Waals surface area (Å²) < 4.78 is 5.25. The van der Waals surface area contributed by atoms with E-state index in [9.17, 15) is 14.4 Å². The highest BCUT2D eigenvalue weighted by molar-refractivity contribution is 5.94. The number of Topliss-reactive ketones (excluding diaryl/α,β-unsaturated/α-hetero) is 1. The maximum Gasteiger partial charge on any atom is 0.317 e. The molecule has 0 amide bonds. The highest BCUT2D eigenvalue weighted by Crippen LogP contribution is 2.16. The molecule has 6 nitrogen and oxygen atoms in total. The summed E-state index contributed by atoms with van der Waals surface area (Å²) in [6.45, 7) is 1.47. The Balaban J connectivity index is 1.79. The van der Waals surface area contributed by atoms with Gasteiger partial charge in [0.2, 0.25) is 0 Å². The van der Waals surface area contributed by atoms with Crippen LogP contribution in [0.5, 0.6) is 5.75 Å². The summed E-state index contributed by atoms with van der Waals surface area (Å²) in [7, 11) is 0. The SMILES string of the molecule is CC(=O)c1ccc(OC(=O)Cc2n[nH]c(=O)c3ccccc23)cc1. The topological polar surface area (TPSA) is 89.1 Å². The Morgan fingerprint density at radius 3 is 2.38 bits per heavy atom. The third kappa shape index (κ3) is 3.22. The van der Waals surface area contributed by atoms with Crippen molar-refractivity contribution in [3.63, 3.8) is 0 Å². The molecule has 0 bridgehead atoms. The molecule has 6 heteroatoms. The van der Waals surface area contributed by atoms with Gasteiger partial charge < -0.3 is 4.74 Å². The lowest BCUT2D eigenvalue weighted by Crippen LogP contribution is -2.16. The van der Waals surface area contributed by atoms with Crippen LogP contribution in [0.15, 0.2) is 53.3 Å². The van der Waals surface area contributed by atoms with Gasteiger partial charge in [0, 0.05) is 10.9 Å². The zero-order valence-corrected chi connectivity index (χ0v) is 12.9. The van der Waals surface area contributed by atoms with Gasteiger partial charge in [-0.05, 0) is 37.3 Å². The smallest absolute Gasteiger partial charge is 0.317 e. The zero-order valence-electron chi connectivity index (χ0n) is 12.9. The van der Waals surface area contributed by atoms with Gasteiger partial charge in [-0.15, -0.1) is 0 Å². The van der Waals surface area contributed by atoms with E-state index < -0.39 is 5.97 Å². The first-order valence-corrected chi connectivity index (χ1v) is 7.32. The molecule has 0 aliphatic carbocycles. The van der Waals surface area contributed by atoms with Gasteiger partial charge in [-0.3, -0.25) is 14.4 Å². The number of benzene rings is 2. The monoisotopic (exact) mass is 322 g/mol. The van der Waals surface area contributed by atoms with Crippen LogP contribution in [0.3, 0.4) is 0 Å². The van der Waals surface area contributed by atoms with Crippen molar-refractivity contribution in [2.75, 3.05) is 0 Å². The number of rotatable bonds is 4. The van der Waals surface area contributed by atoms with Crippen molar-refractivity contribution in [1.29, 1.82) is 0 Å². The van der Waals surface area contributed by atoms with Gasteiger partial charge in [0.1, 0.15) is 5.75 Å². The predicted octanol–water partition coefficient (Wildman–Crippen LogP) is 2.27. The number of carbonyl (C=O) groups excluding carboxylic acids is 2. The molecule has 3 rings (SSSR count). The molecule has 0 unspecified atom stereocenters. The Hall–Kier alpha value is -3.28. The Kier molecular flexibility index (Phi) is 4.20. The summed E-state index contributed by atoms with van der Waals surface area (Å²) >= 11 is 0. The Morgan fingerprint density at radius 1 is 1.04 bits per heavy atom. The molecule has 1 heterocycles. The fraction of sp³-hybridized carbons (Fsp3) is 0.111. The second-order valence-electron chi connectivity index (χ2n) is 5.28. The van der Waals surface area contributed by atoms with Crippen LogP contribution in [-0.4, -0.2) is 21.9 Å². The third-order valence-electron chi connectivity index (χ3n) is 3.58. The highest BCUT2D eigenvalue weighted by atomic mass is 16.5. The molecule has 24 heavy (non-hydrogen) atoms. The van der Waals surface area contributed by atoms with Gasteiger partial charge in [-0.2, -0.15) is 5.10 Å². The molecule has 0 fully saturated rings. The molecule has 0 aliphatic heterocycles. The zero-order chi connectivity index (χ0) is 17.1. The molecule has 120 valence electrons. The number of esters is 1. The molecule has 1 aromatic heterocycles. The normalized spacial score (nSPS) is 10.5. The van der Waals surface area contributed by atoms with Crippen LogP contribution in [0.1, 0.15) is 23.0 Å². The van der Waals surface area contributed by atoms with Crippen molar-refractivity contribution in [3.05, 3.63) is 70.1 Å². The molecule has 0 atom stereocenters. The minimum atomic E-state index is -0.504. The number of aromatic amines is 1. The maximum atomic E-state index is 12.1. The number of nitrogens with zero attached hydrogens (tertiary/aromatic N) is 1. The summed E-state index contributed by atoms with van der Waals surface area (Å²) in [5.74, 6) is -0.217. The van der Waals surface area contributed by atoms with E-state index in [-0.39, 0.29) is 17.8 Å². The Morgan fingerprint density at radius 2 is 1.71 bits per heavy atom. The fourth-order valence-corrected chi connectivity index (χ4v) is 2.37. The van der Waals surface area contributed by atoms with Crippen LogP contribution in [0.25, 0.3) is 10.8 Å². The van der Waals surface area contributed by atoms with Crippen LogP contribution in [-0.2, 0) is 11.2 Å². The van der Waals surface area contributed by atoms with Crippen molar-refractivity contribution >= 4 is 22.5 Å². The van der Waals surface area contributed by atoms with Gasteiger partial charge in [0.05, 0.1) is 17.5 Å². The number of fused-ring (bicyclic) bond motifs is 1. The lowest BCUT2D eigenvalue weighted by atomic mass is 10.1. The van der Waals surface area contributed by atoms with Gasteiger partial charge in [0.15, 0.2) is 5.78 Å². The lowest BCUT2D eigenvalue weighted by molar-refractivity contribution is -0.133. The van der Waals surface area contributed by atoms with Crippen molar-refractivity contribution in [2.24, 2.45) is 0 Å². The number of carbonyl (C=O) groups is 2. The predicted molar refractivity (Wildman–Crippen MR) is 88.1 cm³/mol. The van der Waals surface area contributed by atoms with E-state index in [4.69, 9.17) is 4.74 Å². The van der Waals surface area contributed by atoms with E-state index in [0.29, 0.717) is 27.8 Å². The number of H-pyrrole nitrogens is 1. The molecular weight excluding hydrogens is 308 g/mol. The molecule has 0 saturated heterocycles. The summed E-state index contributed by atoms with van der Waals surface area (Å²) in [5, 5.41) is 7.41. The fourth-order valence-electron chi connectivity index (χ4n) is 2.37. The first-order chi connectivity index (χ1) is 11.5. The summed E-state index contributed by atoms with van der Waals surface area (Å²) in [5.41, 5.74) is 0.682. The van der Waals surface area contributed by atoms with E-state index in [1.54, 1.807) is 48.5 Å². The maximum absolute atomic E-state index is 12.1. The third-order valence-corrected chi connectivity index (χ3v) is 3.58.